The van der Waals surface area contributed by atoms with Crippen molar-refractivity contribution in [2.24, 2.45) is 4.99 Å². The molecule has 0 atom stereocenters. The Labute approximate surface area is 136 Å². The largest absolute Gasteiger partial charge is 0.469 e. The second kappa shape index (κ2) is 9.46. The van der Waals surface area contributed by atoms with Gasteiger partial charge in [-0.05, 0) is 36.2 Å². The number of hydrogen-bond acceptors (Lipinski definition) is 2. The van der Waals surface area contributed by atoms with Crippen molar-refractivity contribution in [3.05, 3.63) is 72.5 Å². The van der Waals surface area contributed by atoms with Crippen molar-refractivity contribution in [3.63, 3.8) is 0 Å². The highest BCUT2D eigenvalue weighted by Crippen LogP contribution is 2.03. The van der Waals surface area contributed by atoms with Gasteiger partial charge in [-0.15, -0.1) is 6.58 Å². The van der Waals surface area contributed by atoms with E-state index < -0.39 is 0 Å². The number of halogens is 1. The molecular formula is C18H22FN3O. The molecule has 0 radical (unpaired) electrons. The molecule has 1 aromatic carbocycles. The summed E-state index contributed by atoms with van der Waals surface area (Å²) in [7, 11) is 0. The van der Waals surface area contributed by atoms with Crippen LogP contribution >= 0.6 is 0 Å². The molecule has 2 N–H and O–H groups in total. The second-order valence-electron chi connectivity index (χ2n) is 5.03. The highest BCUT2D eigenvalue weighted by atomic mass is 19.1. The number of aliphatic imine (C=N–C) groups is 1. The minimum Gasteiger partial charge on any atom is -0.469 e. The second-order valence-corrected chi connectivity index (χ2v) is 5.03. The van der Waals surface area contributed by atoms with Crippen molar-refractivity contribution in [1.29, 1.82) is 0 Å². The third-order valence-electron chi connectivity index (χ3n) is 3.24. The fourth-order valence-electron chi connectivity index (χ4n) is 2.05. The van der Waals surface area contributed by atoms with Gasteiger partial charge < -0.3 is 15.1 Å². The van der Waals surface area contributed by atoms with Gasteiger partial charge in [0.1, 0.15) is 11.6 Å². The molecule has 1 aromatic heterocycles. The third kappa shape index (κ3) is 6.38. The van der Waals surface area contributed by atoms with Crippen LogP contribution in [-0.2, 0) is 12.8 Å². The van der Waals surface area contributed by atoms with E-state index in [1.807, 2.05) is 12.1 Å². The molecule has 122 valence electrons. The summed E-state index contributed by atoms with van der Waals surface area (Å²) in [5.41, 5.74) is 1.08. The van der Waals surface area contributed by atoms with Crippen molar-refractivity contribution < 1.29 is 8.81 Å². The monoisotopic (exact) mass is 315 g/mol. The van der Waals surface area contributed by atoms with Gasteiger partial charge in [-0.3, -0.25) is 4.99 Å². The van der Waals surface area contributed by atoms with Gasteiger partial charge in [0.15, 0.2) is 5.96 Å². The van der Waals surface area contributed by atoms with Crippen molar-refractivity contribution >= 4 is 5.96 Å². The summed E-state index contributed by atoms with van der Waals surface area (Å²) in [4.78, 5) is 4.51. The number of hydrogen-bond donors (Lipinski definition) is 2. The van der Waals surface area contributed by atoms with Gasteiger partial charge >= 0.3 is 0 Å². The summed E-state index contributed by atoms with van der Waals surface area (Å²) in [5, 5.41) is 6.44. The molecule has 23 heavy (non-hydrogen) atoms. The fraction of sp³-hybridized carbons (Fsp3) is 0.278. The highest BCUT2D eigenvalue weighted by Gasteiger charge is 2.00. The number of nitrogens with zero attached hydrogens (tertiary/aromatic N) is 1. The van der Waals surface area contributed by atoms with Gasteiger partial charge in [-0.1, -0.05) is 18.2 Å². The SMILES string of the molecule is C=CCNC(=NCCc1ccco1)NCCc1ccc(F)cc1. The molecule has 5 heteroatoms. The van der Waals surface area contributed by atoms with Gasteiger partial charge in [0.25, 0.3) is 0 Å². The molecule has 0 aliphatic heterocycles. The van der Waals surface area contributed by atoms with Crippen LogP contribution in [0.25, 0.3) is 0 Å². The predicted octanol–water partition coefficient (Wildman–Crippen LogP) is 2.93. The normalized spacial score (nSPS) is 11.3. The molecule has 0 aliphatic rings. The Bertz CT molecular complexity index is 606. The van der Waals surface area contributed by atoms with Gasteiger partial charge in [-0.25, -0.2) is 4.39 Å². The lowest BCUT2D eigenvalue weighted by molar-refractivity contribution is 0.510. The van der Waals surface area contributed by atoms with Crippen LogP contribution in [0.3, 0.4) is 0 Å². The van der Waals surface area contributed by atoms with Crippen LogP contribution in [0.15, 0.2) is 64.7 Å². The van der Waals surface area contributed by atoms with Crippen molar-refractivity contribution in [3.8, 4) is 0 Å². The van der Waals surface area contributed by atoms with Crippen LogP contribution < -0.4 is 10.6 Å². The maximum absolute atomic E-state index is 12.9. The molecule has 4 nitrogen and oxygen atoms in total. The zero-order valence-electron chi connectivity index (χ0n) is 13.1. The Morgan fingerprint density at radius 1 is 1.17 bits per heavy atom. The molecule has 0 spiro atoms. The van der Waals surface area contributed by atoms with Crippen LogP contribution in [0.2, 0.25) is 0 Å². The van der Waals surface area contributed by atoms with E-state index in [-0.39, 0.29) is 5.82 Å². The zero-order valence-corrected chi connectivity index (χ0v) is 13.1. The Morgan fingerprint density at radius 2 is 2.00 bits per heavy atom. The Balaban J connectivity index is 1.79. The van der Waals surface area contributed by atoms with E-state index in [9.17, 15) is 4.39 Å². The molecule has 0 unspecified atom stereocenters. The van der Waals surface area contributed by atoms with Crippen molar-refractivity contribution in [2.45, 2.75) is 12.8 Å². The molecule has 0 fully saturated rings. The van der Waals surface area contributed by atoms with Gasteiger partial charge in [0, 0.05) is 26.1 Å². The molecule has 2 rings (SSSR count). The van der Waals surface area contributed by atoms with Crippen LogP contribution in [0.1, 0.15) is 11.3 Å². The van der Waals surface area contributed by atoms with E-state index in [2.05, 4.69) is 22.2 Å². The van der Waals surface area contributed by atoms with Crippen LogP contribution in [0, 0.1) is 5.82 Å². The molecule has 2 aromatic rings. The molecule has 0 saturated carbocycles. The van der Waals surface area contributed by atoms with E-state index in [0.29, 0.717) is 13.1 Å². The summed E-state index contributed by atoms with van der Waals surface area (Å²) >= 11 is 0. The summed E-state index contributed by atoms with van der Waals surface area (Å²) in [6, 6.07) is 10.3. The lowest BCUT2D eigenvalue weighted by Crippen LogP contribution is -2.38. The number of nitrogens with one attached hydrogen (secondary N) is 2. The summed E-state index contributed by atoms with van der Waals surface area (Å²) in [6.45, 7) is 5.69. The Kier molecular flexibility index (Phi) is 6.91. The highest BCUT2D eigenvalue weighted by molar-refractivity contribution is 5.79. The van der Waals surface area contributed by atoms with Crippen LogP contribution in [0.5, 0.6) is 0 Å². The number of benzene rings is 1. The first kappa shape index (κ1) is 16.8. The average Bonchev–Trinajstić information content (AvgIpc) is 3.07. The predicted molar refractivity (Wildman–Crippen MR) is 91.0 cm³/mol. The third-order valence-corrected chi connectivity index (χ3v) is 3.24. The van der Waals surface area contributed by atoms with Crippen molar-refractivity contribution in [2.75, 3.05) is 19.6 Å². The van der Waals surface area contributed by atoms with Gasteiger partial charge in [-0.2, -0.15) is 0 Å². The maximum atomic E-state index is 12.9. The fourth-order valence-corrected chi connectivity index (χ4v) is 2.05. The lowest BCUT2D eigenvalue weighted by Gasteiger charge is -2.11. The Hall–Kier alpha value is -2.56. The number of rotatable bonds is 8. The molecule has 0 saturated heterocycles. The summed E-state index contributed by atoms with van der Waals surface area (Å²) in [6.07, 6.45) is 5.00. The quantitative estimate of drug-likeness (QED) is 0.447. The molecule has 0 bridgehead atoms. The average molecular weight is 315 g/mol. The molecule has 0 aliphatic carbocycles. The van der Waals surface area contributed by atoms with E-state index in [0.717, 1.165) is 36.7 Å². The van der Waals surface area contributed by atoms with E-state index in [4.69, 9.17) is 4.42 Å². The number of guanidine groups is 1. The number of furan rings is 1. The Morgan fingerprint density at radius 3 is 2.70 bits per heavy atom. The molecule has 1 heterocycles. The van der Waals surface area contributed by atoms with E-state index in [1.54, 1.807) is 24.5 Å². The van der Waals surface area contributed by atoms with Gasteiger partial charge in [0.05, 0.1) is 6.26 Å². The lowest BCUT2D eigenvalue weighted by atomic mass is 10.1. The smallest absolute Gasteiger partial charge is 0.191 e. The first-order chi connectivity index (χ1) is 11.3. The van der Waals surface area contributed by atoms with E-state index in [1.165, 1.54) is 12.1 Å². The molecular weight excluding hydrogens is 293 g/mol. The van der Waals surface area contributed by atoms with E-state index >= 15 is 0 Å². The zero-order chi connectivity index (χ0) is 16.3. The minimum atomic E-state index is -0.213. The maximum Gasteiger partial charge on any atom is 0.191 e. The summed E-state index contributed by atoms with van der Waals surface area (Å²) < 4.78 is 18.2. The summed E-state index contributed by atoms with van der Waals surface area (Å²) in [5.74, 6) is 1.44. The molecule has 0 amide bonds. The van der Waals surface area contributed by atoms with Crippen LogP contribution in [0.4, 0.5) is 4.39 Å². The van der Waals surface area contributed by atoms with Crippen LogP contribution in [-0.4, -0.2) is 25.6 Å². The first-order valence-corrected chi connectivity index (χ1v) is 7.68. The minimum absolute atomic E-state index is 0.213. The van der Waals surface area contributed by atoms with Gasteiger partial charge in [0.2, 0.25) is 0 Å². The topological polar surface area (TPSA) is 49.6 Å². The van der Waals surface area contributed by atoms with Crippen molar-refractivity contribution in [1.82, 2.24) is 10.6 Å². The standard InChI is InChI=1S/C18H22FN3O/c1-2-11-20-18(22-13-10-17-4-3-14-23-17)21-12-9-15-5-7-16(19)8-6-15/h2-8,14H,1,9-13H2,(H2,20,21,22). The first-order valence-electron chi connectivity index (χ1n) is 7.68.